The van der Waals surface area contributed by atoms with Crippen molar-refractivity contribution in [1.29, 1.82) is 0 Å². The van der Waals surface area contributed by atoms with Crippen molar-refractivity contribution >= 4 is 17.9 Å². The van der Waals surface area contributed by atoms with Crippen LogP contribution in [0.5, 0.6) is 0 Å². The van der Waals surface area contributed by atoms with Gasteiger partial charge in [0.05, 0.1) is 0 Å². The Kier molecular flexibility index (Phi) is 68.6. The lowest BCUT2D eigenvalue weighted by Gasteiger charge is -2.18. The number of ether oxygens (including phenoxy) is 3. The molecule has 0 aromatic heterocycles. The smallest absolute Gasteiger partial charge is 0.306 e. The van der Waals surface area contributed by atoms with Crippen molar-refractivity contribution in [2.75, 3.05) is 13.2 Å². The first-order chi connectivity index (χ1) is 40.5. The van der Waals surface area contributed by atoms with E-state index in [-0.39, 0.29) is 31.1 Å². The van der Waals surface area contributed by atoms with E-state index in [0.29, 0.717) is 19.3 Å². The van der Waals surface area contributed by atoms with E-state index in [1.165, 1.54) is 295 Å². The lowest BCUT2D eigenvalue weighted by atomic mass is 10.0. The third kappa shape index (κ3) is 68.2. The van der Waals surface area contributed by atoms with Crippen molar-refractivity contribution in [1.82, 2.24) is 0 Å². The summed E-state index contributed by atoms with van der Waals surface area (Å²) in [5, 5.41) is 0. The molecule has 0 heterocycles. The third-order valence-electron chi connectivity index (χ3n) is 16.5. The molecule has 6 heteroatoms. The summed E-state index contributed by atoms with van der Waals surface area (Å²) in [6.45, 7) is 6.69. The van der Waals surface area contributed by atoms with E-state index in [4.69, 9.17) is 14.2 Å². The molecule has 1 unspecified atom stereocenters. The SMILES string of the molecule is CCCCCCC/C=C\C/C=C\CCCCCCCCCCCCCCCCCCCC(=O)OCC(COC(=O)CCCCCCCCC/C=C\CCCCCCCC)OC(=O)CCCCCCCCC/C=C\CCCCCCCCC. The van der Waals surface area contributed by atoms with Gasteiger partial charge >= 0.3 is 17.9 Å². The van der Waals surface area contributed by atoms with E-state index in [1.54, 1.807) is 0 Å². The summed E-state index contributed by atoms with van der Waals surface area (Å²) in [4.78, 5) is 38.5. The first kappa shape index (κ1) is 79.4. The van der Waals surface area contributed by atoms with Crippen LogP contribution < -0.4 is 0 Å². The average molecular weight is 1150 g/mol. The Hall–Kier alpha value is -2.63. The fourth-order valence-corrected chi connectivity index (χ4v) is 11.0. The predicted octanol–water partition coefficient (Wildman–Crippen LogP) is 25.3. The van der Waals surface area contributed by atoms with Gasteiger partial charge in [0.25, 0.3) is 0 Å². The van der Waals surface area contributed by atoms with Gasteiger partial charge in [0.1, 0.15) is 13.2 Å². The van der Waals surface area contributed by atoms with Gasteiger partial charge in [0.15, 0.2) is 6.10 Å². The number of esters is 3. The van der Waals surface area contributed by atoms with E-state index >= 15 is 0 Å². The summed E-state index contributed by atoms with van der Waals surface area (Å²) in [5.41, 5.74) is 0. The average Bonchev–Trinajstić information content (AvgIpc) is 3.47. The van der Waals surface area contributed by atoms with E-state index in [2.05, 4.69) is 69.4 Å². The number of hydrogen-bond donors (Lipinski definition) is 0. The lowest BCUT2D eigenvalue weighted by molar-refractivity contribution is -0.167. The minimum atomic E-state index is -0.777. The molecule has 0 bridgehead atoms. The molecule has 480 valence electrons. The zero-order chi connectivity index (χ0) is 59.2. The molecule has 0 saturated heterocycles. The summed E-state index contributed by atoms with van der Waals surface area (Å²) < 4.78 is 17.0. The van der Waals surface area contributed by atoms with E-state index in [9.17, 15) is 14.4 Å². The molecule has 0 spiro atoms. The van der Waals surface area contributed by atoms with Crippen LogP contribution in [0.1, 0.15) is 400 Å². The fraction of sp³-hybridized carbons (Fsp3) is 0.855. The van der Waals surface area contributed by atoms with Crippen LogP contribution in [0.15, 0.2) is 48.6 Å². The van der Waals surface area contributed by atoms with Gasteiger partial charge in [-0.15, -0.1) is 0 Å². The lowest BCUT2D eigenvalue weighted by Crippen LogP contribution is -2.30. The molecular weight excluding hydrogens is 1010 g/mol. The van der Waals surface area contributed by atoms with Gasteiger partial charge in [0, 0.05) is 19.3 Å². The summed E-state index contributed by atoms with van der Waals surface area (Å²) in [7, 11) is 0. The molecule has 0 rings (SSSR count). The molecule has 0 aliphatic carbocycles. The van der Waals surface area contributed by atoms with Crippen LogP contribution >= 0.6 is 0 Å². The van der Waals surface area contributed by atoms with Crippen molar-refractivity contribution in [2.45, 2.75) is 406 Å². The van der Waals surface area contributed by atoms with Crippen LogP contribution in [-0.4, -0.2) is 37.2 Å². The number of unbranched alkanes of at least 4 members (excludes halogenated alkanes) is 49. The Bertz CT molecular complexity index is 1410. The highest BCUT2D eigenvalue weighted by atomic mass is 16.6. The van der Waals surface area contributed by atoms with Gasteiger partial charge < -0.3 is 14.2 Å². The van der Waals surface area contributed by atoms with Crippen molar-refractivity contribution in [2.24, 2.45) is 0 Å². The predicted molar refractivity (Wildman–Crippen MR) is 358 cm³/mol. The van der Waals surface area contributed by atoms with Crippen LogP contribution in [0.25, 0.3) is 0 Å². The van der Waals surface area contributed by atoms with Crippen molar-refractivity contribution in [3.05, 3.63) is 48.6 Å². The van der Waals surface area contributed by atoms with Gasteiger partial charge in [-0.25, -0.2) is 0 Å². The maximum Gasteiger partial charge on any atom is 0.306 e. The number of rotatable bonds is 68. The second-order valence-corrected chi connectivity index (χ2v) is 24.8. The Labute approximate surface area is 511 Å². The number of allylic oxidation sites excluding steroid dienone is 8. The maximum atomic E-state index is 13.0. The standard InChI is InChI=1S/C76H140O6/c1-4-7-10-13-16-19-22-25-28-31-33-34-35-36-37-38-39-40-41-42-43-46-48-51-54-57-60-63-66-69-75(78)81-72-73(71-80-74(77)68-65-62-59-56-53-50-47-44-30-27-24-21-18-15-12-9-6-3)82-76(79)70-67-64-61-58-55-52-49-45-32-29-26-23-20-17-14-11-8-5-2/h22,25,27,29-33,73H,4-21,23-24,26,28,34-72H2,1-3H3/b25-22-,30-27-,32-29-,33-31-. The summed E-state index contributed by atoms with van der Waals surface area (Å²) in [6.07, 6.45) is 90.0. The zero-order valence-corrected chi connectivity index (χ0v) is 55.3. The molecule has 0 amide bonds. The molecular formula is C76H140O6. The first-order valence-electron chi connectivity index (χ1n) is 36.6. The summed E-state index contributed by atoms with van der Waals surface area (Å²) >= 11 is 0. The highest BCUT2D eigenvalue weighted by molar-refractivity contribution is 5.71. The van der Waals surface area contributed by atoms with E-state index in [0.717, 1.165) is 64.2 Å². The van der Waals surface area contributed by atoms with E-state index < -0.39 is 6.10 Å². The van der Waals surface area contributed by atoms with Gasteiger partial charge in [-0.2, -0.15) is 0 Å². The van der Waals surface area contributed by atoms with Gasteiger partial charge in [0.2, 0.25) is 0 Å². The van der Waals surface area contributed by atoms with Crippen molar-refractivity contribution < 1.29 is 28.6 Å². The largest absolute Gasteiger partial charge is 0.462 e. The highest BCUT2D eigenvalue weighted by Gasteiger charge is 2.19. The third-order valence-corrected chi connectivity index (χ3v) is 16.5. The zero-order valence-electron chi connectivity index (χ0n) is 55.3. The Morgan fingerprint density at radius 3 is 0.683 bits per heavy atom. The van der Waals surface area contributed by atoms with Crippen LogP contribution in [0.3, 0.4) is 0 Å². The molecule has 0 N–H and O–H groups in total. The van der Waals surface area contributed by atoms with Crippen molar-refractivity contribution in [3.63, 3.8) is 0 Å². The molecule has 0 aromatic carbocycles. The molecule has 0 radical (unpaired) electrons. The maximum absolute atomic E-state index is 13.0. The molecule has 6 nitrogen and oxygen atoms in total. The molecule has 0 saturated carbocycles. The quantitative estimate of drug-likeness (QED) is 0.0261. The van der Waals surface area contributed by atoms with Gasteiger partial charge in [-0.1, -0.05) is 326 Å². The topological polar surface area (TPSA) is 78.9 Å². The molecule has 1 atom stereocenters. The number of carbonyl (C=O) groups is 3. The summed E-state index contributed by atoms with van der Waals surface area (Å²) in [5.74, 6) is -0.853. The van der Waals surface area contributed by atoms with Gasteiger partial charge in [-0.05, 0) is 103 Å². The van der Waals surface area contributed by atoms with Crippen LogP contribution in [-0.2, 0) is 28.6 Å². The molecule has 82 heavy (non-hydrogen) atoms. The Morgan fingerprint density at radius 1 is 0.244 bits per heavy atom. The van der Waals surface area contributed by atoms with E-state index in [1.807, 2.05) is 0 Å². The second-order valence-electron chi connectivity index (χ2n) is 24.8. The number of carbonyl (C=O) groups excluding carboxylic acids is 3. The van der Waals surface area contributed by atoms with Crippen molar-refractivity contribution in [3.8, 4) is 0 Å². The molecule has 0 fully saturated rings. The Morgan fingerprint density at radius 2 is 0.439 bits per heavy atom. The second kappa shape index (κ2) is 70.9. The molecule has 0 aliphatic rings. The fourth-order valence-electron chi connectivity index (χ4n) is 11.0. The highest BCUT2D eigenvalue weighted by Crippen LogP contribution is 2.18. The molecule has 0 aliphatic heterocycles. The van der Waals surface area contributed by atoms with Crippen LogP contribution in [0.2, 0.25) is 0 Å². The number of hydrogen-bond acceptors (Lipinski definition) is 6. The normalized spacial score (nSPS) is 12.3. The minimum Gasteiger partial charge on any atom is -0.462 e. The Balaban J connectivity index is 4.25. The molecule has 0 aromatic rings. The van der Waals surface area contributed by atoms with Gasteiger partial charge in [-0.3, -0.25) is 14.4 Å². The first-order valence-corrected chi connectivity index (χ1v) is 36.6. The minimum absolute atomic E-state index is 0.0720. The summed E-state index contributed by atoms with van der Waals surface area (Å²) in [6, 6.07) is 0. The monoisotopic (exact) mass is 1150 g/mol. The van der Waals surface area contributed by atoms with Crippen LogP contribution in [0.4, 0.5) is 0 Å². The van der Waals surface area contributed by atoms with Crippen LogP contribution in [0, 0.1) is 0 Å².